The molecule has 0 aliphatic carbocycles. The number of benzene rings is 2. The van der Waals surface area contributed by atoms with Crippen molar-refractivity contribution in [2.45, 2.75) is 26.1 Å². The molecule has 0 aromatic heterocycles. The van der Waals surface area contributed by atoms with E-state index in [2.05, 4.69) is 53.0 Å². The van der Waals surface area contributed by atoms with E-state index in [-0.39, 0.29) is 12.1 Å². The smallest absolute Gasteiger partial charge is 0.246 e. The highest BCUT2D eigenvalue weighted by Gasteiger charge is 2.33. The van der Waals surface area contributed by atoms with Crippen molar-refractivity contribution in [3.8, 4) is 11.5 Å². The molecule has 4 rings (SSSR count). The Morgan fingerprint density at radius 3 is 2.56 bits per heavy atom. The normalized spacial score (nSPS) is 21.0. The van der Waals surface area contributed by atoms with Crippen molar-refractivity contribution in [2.24, 2.45) is 0 Å². The predicted octanol–water partition coefficient (Wildman–Crippen LogP) is 1.43. The molecule has 8 nitrogen and oxygen atoms in total. The summed E-state index contributed by atoms with van der Waals surface area (Å²) in [6, 6.07) is 11.0. The number of aryl methyl sites for hydroxylation is 2. The maximum atomic E-state index is 12.7. The standard InChI is InChI=1S/C19H23N5O3/c1-11-3-4-13(9-12(11)2)20-18-17(22-24-23-18)19(25)21-14-5-6-15-16(10-14)27-8-7-26-15/h3-6,9-10,17-18,20,22-24H,7-8H2,1-2H3,(H,21,25). The van der Waals surface area contributed by atoms with E-state index < -0.39 is 6.04 Å². The van der Waals surface area contributed by atoms with E-state index in [4.69, 9.17) is 9.47 Å². The third kappa shape index (κ3) is 3.82. The molecule has 2 heterocycles. The van der Waals surface area contributed by atoms with Crippen LogP contribution in [0.5, 0.6) is 11.5 Å². The van der Waals surface area contributed by atoms with Crippen LogP contribution in [0.15, 0.2) is 36.4 Å². The Morgan fingerprint density at radius 2 is 1.74 bits per heavy atom. The van der Waals surface area contributed by atoms with Gasteiger partial charge in [-0.1, -0.05) is 6.07 Å². The fourth-order valence-electron chi connectivity index (χ4n) is 3.05. The molecule has 2 aliphatic rings. The molecule has 2 unspecified atom stereocenters. The molecular weight excluding hydrogens is 346 g/mol. The van der Waals surface area contributed by atoms with Crippen LogP contribution in [-0.2, 0) is 4.79 Å². The number of nitrogens with one attached hydrogen (secondary N) is 5. The summed E-state index contributed by atoms with van der Waals surface area (Å²) in [7, 11) is 0. The second kappa shape index (κ2) is 7.43. The van der Waals surface area contributed by atoms with E-state index in [0.717, 1.165) is 5.69 Å². The summed E-state index contributed by atoms with van der Waals surface area (Å²) in [5, 5.41) is 6.25. The van der Waals surface area contributed by atoms with Crippen molar-refractivity contribution < 1.29 is 14.3 Å². The number of amides is 1. The Bertz CT molecular complexity index is 857. The van der Waals surface area contributed by atoms with Gasteiger partial charge >= 0.3 is 0 Å². The quantitative estimate of drug-likeness (QED) is 0.556. The largest absolute Gasteiger partial charge is 0.486 e. The first-order chi connectivity index (χ1) is 13.1. The van der Waals surface area contributed by atoms with Gasteiger partial charge in [-0.2, -0.15) is 5.53 Å². The first kappa shape index (κ1) is 17.6. The van der Waals surface area contributed by atoms with Crippen LogP contribution in [0.2, 0.25) is 0 Å². The molecule has 142 valence electrons. The summed E-state index contributed by atoms with van der Waals surface area (Å²) in [6.45, 7) is 5.17. The highest BCUT2D eigenvalue weighted by atomic mass is 16.6. The van der Waals surface area contributed by atoms with Gasteiger partial charge in [-0.25, -0.2) is 10.9 Å². The zero-order chi connectivity index (χ0) is 18.8. The number of hydrogen-bond acceptors (Lipinski definition) is 7. The number of rotatable bonds is 4. The predicted molar refractivity (Wildman–Crippen MR) is 103 cm³/mol. The van der Waals surface area contributed by atoms with Crippen molar-refractivity contribution in [2.75, 3.05) is 23.8 Å². The maximum Gasteiger partial charge on any atom is 0.246 e. The van der Waals surface area contributed by atoms with Crippen LogP contribution in [0.25, 0.3) is 0 Å². The molecule has 1 amide bonds. The summed E-state index contributed by atoms with van der Waals surface area (Å²) in [5.74, 6) is 1.15. The van der Waals surface area contributed by atoms with Crippen LogP contribution in [0.3, 0.4) is 0 Å². The average Bonchev–Trinajstić information content (AvgIpc) is 3.13. The lowest BCUT2D eigenvalue weighted by Gasteiger charge is -2.21. The number of carbonyl (C=O) groups is 1. The van der Waals surface area contributed by atoms with Crippen LogP contribution in [-0.4, -0.2) is 31.3 Å². The zero-order valence-corrected chi connectivity index (χ0v) is 15.3. The summed E-state index contributed by atoms with van der Waals surface area (Å²) in [5.41, 5.74) is 12.8. The van der Waals surface area contributed by atoms with Gasteiger partial charge in [0.05, 0.1) is 0 Å². The molecule has 27 heavy (non-hydrogen) atoms. The van der Waals surface area contributed by atoms with Gasteiger partial charge in [-0.3, -0.25) is 4.79 Å². The van der Waals surface area contributed by atoms with Crippen LogP contribution in [0, 0.1) is 13.8 Å². The molecular formula is C19H23N5O3. The minimum atomic E-state index is -0.514. The van der Waals surface area contributed by atoms with E-state index in [1.807, 2.05) is 6.07 Å². The molecule has 8 heteroatoms. The summed E-state index contributed by atoms with van der Waals surface area (Å²) in [6.07, 6.45) is -0.315. The van der Waals surface area contributed by atoms with Gasteiger partial charge in [0, 0.05) is 17.4 Å². The van der Waals surface area contributed by atoms with Gasteiger partial charge in [0.1, 0.15) is 25.4 Å². The molecule has 2 aliphatic heterocycles. The molecule has 1 fully saturated rings. The SMILES string of the molecule is Cc1ccc(NC2NNNC2C(=O)Nc2ccc3c(c2)OCCO3)cc1C. The van der Waals surface area contributed by atoms with Crippen molar-refractivity contribution >= 4 is 17.3 Å². The van der Waals surface area contributed by atoms with E-state index >= 15 is 0 Å². The maximum absolute atomic E-state index is 12.7. The van der Waals surface area contributed by atoms with Gasteiger partial charge in [0.25, 0.3) is 0 Å². The number of hydrazine groups is 2. The molecule has 0 radical (unpaired) electrons. The van der Waals surface area contributed by atoms with E-state index in [1.54, 1.807) is 18.2 Å². The number of hydrogen-bond donors (Lipinski definition) is 5. The van der Waals surface area contributed by atoms with Gasteiger partial charge < -0.3 is 20.1 Å². The Balaban J connectivity index is 1.43. The molecule has 2 aromatic rings. The van der Waals surface area contributed by atoms with Crippen LogP contribution < -0.4 is 36.5 Å². The van der Waals surface area contributed by atoms with Crippen LogP contribution in [0.4, 0.5) is 11.4 Å². The Morgan fingerprint density at radius 1 is 0.963 bits per heavy atom. The van der Waals surface area contributed by atoms with Crippen molar-refractivity contribution in [3.05, 3.63) is 47.5 Å². The molecule has 2 aromatic carbocycles. The first-order valence-electron chi connectivity index (χ1n) is 8.90. The van der Waals surface area contributed by atoms with Crippen molar-refractivity contribution in [1.82, 2.24) is 16.4 Å². The minimum absolute atomic E-state index is 0.175. The second-order valence-electron chi connectivity index (χ2n) is 6.66. The molecule has 5 N–H and O–H groups in total. The molecule has 0 bridgehead atoms. The van der Waals surface area contributed by atoms with Gasteiger partial charge in [0.2, 0.25) is 5.91 Å². The van der Waals surface area contributed by atoms with Crippen molar-refractivity contribution in [3.63, 3.8) is 0 Å². The fourth-order valence-corrected chi connectivity index (χ4v) is 3.05. The lowest BCUT2D eigenvalue weighted by atomic mass is 10.1. The summed E-state index contributed by atoms with van der Waals surface area (Å²) < 4.78 is 11.1. The highest BCUT2D eigenvalue weighted by Crippen LogP contribution is 2.32. The third-order valence-electron chi connectivity index (χ3n) is 4.71. The molecule has 0 spiro atoms. The van der Waals surface area contributed by atoms with Crippen molar-refractivity contribution in [1.29, 1.82) is 0 Å². The molecule has 0 saturated carbocycles. The van der Waals surface area contributed by atoms with Gasteiger partial charge in [-0.15, -0.1) is 0 Å². The van der Waals surface area contributed by atoms with Gasteiger partial charge in [-0.05, 0) is 49.2 Å². The van der Waals surface area contributed by atoms with E-state index in [9.17, 15) is 4.79 Å². The topological polar surface area (TPSA) is 95.7 Å². The fraction of sp³-hybridized carbons (Fsp3) is 0.316. The Hall–Kier alpha value is -2.81. The molecule has 1 saturated heterocycles. The van der Waals surface area contributed by atoms with Crippen LogP contribution >= 0.6 is 0 Å². The molecule has 2 atom stereocenters. The minimum Gasteiger partial charge on any atom is -0.486 e. The van der Waals surface area contributed by atoms with Gasteiger partial charge in [0.15, 0.2) is 11.5 Å². The number of carbonyl (C=O) groups excluding carboxylic acids is 1. The number of fused-ring (bicyclic) bond motifs is 1. The Kier molecular flexibility index (Phi) is 4.85. The lowest BCUT2D eigenvalue weighted by molar-refractivity contribution is -0.118. The monoisotopic (exact) mass is 369 g/mol. The highest BCUT2D eigenvalue weighted by molar-refractivity contribution is 5.96. The average molecular weight is 369 g/mol. The zero-order valence-electron chi connectivity index (χ0n) is 15.3. The summed E-state index contributed by atoms with van der Waals surface area (Å²) >= 11 is 0. The number of ether oxygens (including phenoxy) is 2. The van der Waals surface area contributed by atoms with E-state index in [0.29, 0.717) is 30.4 Å². The second-order valence-corrected chi connectivity index (χ2v) is 6.66. The van der Waals surface area contributed by atoms with E-state index in [1.165, 1.54) is 11.1 Å². The lowest BCUT2D eigenvalue weighted by Crippen LogP contribution is -2.47. The number of anilines is 2. The Labute approximate surface area is 157 Å². The van der Waals surface area contributed by atoms with Crippen LogP contribution in [0.1, 0.15) is 11.1 Å². The third-order valence-corrected chi connectivity index (χ3v) is 4.71. The first-order valence-corrected chi connectivity index (χ1v) is 8.90. The summed E-state index contributed by atoms with van der Waals surface area (Å²) in [4.78, 5) is 12.7.